The van der Waals surface area contributed by atoms with Crippen LogP contribution in [0.4, 0.5) is 0 Å². The van der Waals surface area contributed by atoms with Gasteiger partial charge in [0.2, 0.25) is 15.9 Å². The minimum Gasteiger partial charge on any atom is -0.341 e. The van der Waals surface area contributed by atoms with E-state index >= 15 is 0 Å². The largest absolute Gasteiger partial charge is 0.341 e. The number of likely N-dealkylation sites (tertiary alicyclic amines) is 1. The molecule has 0 saturated carbocycles. The zero-order chi connectivity index (χ0) is 16.3. The summed E-state index contributed by atoms with van der Waals surface area (Å²) in [6, 6.07) is 6.06. The lowest BCUT2D eigenvalue weighted by Gasteiger charge is -2.32. The van der Waals surface area contributed by atoms with E-state index < -0.39 is 10.0 Å². The highest BCUT2D eigenvalue weighted by Crippen LogP contribution is 2.20. The standard InChI is InChI=1S/C15H21ClN2O3S/c1-12-5-4-8-18(10-12)15(19)11-17(2)22(20,21)14-7-3-6-13(16)9-14/h3,6-7,9,12H,4-5,8,10-11H2,1-2H3/t12-/m0/s1. The first kappa shape index (κ1) is 17.2. The van der Waals surface area contributed by atoms with Gasteiger partial charge in [0.05, 0.1) is 11.4 Å². The number of rotatable bonds is 4. The van der Waals surface area contributed by atoms with Crippen molar-refractivity contribution in [3.63, 3.8) is 0 Å². The second kappa shape index (κ2) is 6.98. The number of carbonyl (C=O) groups is 1. The number of benzene rings is 1. The number of hydrogen-bond acceptors (Lipinski definition) is 3. The number of halogens is 1. The highest BCUT2D eigenvalue weighted by molar-refractivity contribution is 7.89. The van der Waals surface area contributed by atoms with Gasteiger partial charge >= 0.3 is 0 Å². The highest BCUT2D eigenvalue weighted by Gasteiger charge is 2.27. The van der Waals surface area contributed by atoms with E-state index in [1.807, 2.05) is 0 Å². The van der Waals surface area contributed by atoms with Crippen LogP contribution in [0.2, 0.25) is 5.02 Å². The summed E-state index contributed by atoms with van der Waals surface area (Å²) < 4.78 is 26.0. The molecule has 1 amide bonds. The van der Waals surface area contributed by atoms with E-state index in [2.05, 4.69) is 6.92 Å². The van der Waals surface area contributed by atoms with Crippen LogP contribution >= 0.6 is 11.6 Å². The SMILES string of the molecule is C[C@H]1CCCN(C(=O)CN(C)S(=O)(=O)c2cccc(Cl)c2)C1. The molecular weight excluding hydrogens is 324 g/mol. The Labute approximate surface area is 136 Å². The van der Waals surface area contributed by atoms with Gasteiger partial charge in [0.1, 0.15) is 0 Å². The molecule has 0 aromatic heterocycles. The summed E-state index contributed by atoms with van der Waals surface area (Å²) >= 11 is 5.84. The van der Waals surface area contributed by atoms with Crippen molar-refractivity contribution in [1.29, 1.82) is 0 Å². The number of nitrogens with zero attached hydrogens (tertiary/aromatic N) is 2. The van der Waals surface area contributed by atoms with E-state index in [4.69, 9.17) is 11.6 Å². The molecule has 1 saturated heterocycles. The van der Waals surface area contributed by atoms with Crippen molar-refractivity contribution in [2.45, 2.75) is 24.7 Å². The summed E-state index contributed by atoms with van der Waals surface area (Å²) in [6.45, 7) is 3.35. The molecule has 1 fully saturated rings. The number of likely N-dealkylation sites (N-methyl/N-ethyl adjacent to an activating group) is 1. The quantitative estimate of drug-likeness (QED) is 0.841. The zero-order valence-corrected chi connectivity index (χ0v) is 14.4. The molecular formula is C15H21ClN2O3S. The van der Waals surface area contributed by atoms with Gasteiger partial charge in [0.25, 0.3) is 0 Å². The predicted molar refractivity (Wildman–Crippen MR) is 86.2 cm³/mol. The Morgan fingerprint density at radius 2 is 2.18 bits per heavy atom. The fourth-order valence-electron chi connectivity index (χ4n) is 2.60. The normalized spacial score (nSPS) is 19.5. The van der Waals surface area contributed by atoms with E-state index in [0.717, 1.165) is 17.1 Å². The number of amides is 1. The molecule has 122 valence electrons. The third-order valence-electron chi connectivity index (χ3n) is 3.87. The minimum absolute atomic E-state index is 0.0994. The van der Waals surface area contributed by atoms with Gasteiger partial charge in [-0.15, -0.1) is 0 Å². The average molecular weight is 345 g/mol. The van der Waals surface area contributed by atoms with Crippen LogP contribution in [-0.2, 0) is 14.8 Å². The number of hydrogen-bond donors (Lipinski definition) is 0. The second-order valence-electron chi connectivity index (χ2n) is 5.81. The fourth-order valence-corrected chi connectivity index (χ4v) is 4.02. The van der Waals surface area contributed by atoms with Crippen LogP contribution in [0.5, 0.6) is 0 Å². The zero-order valence-electron chi connectivity index (χ0n) is 12.8. The van der Waals surface area contributed by atoms with Crippen LogP contribution in [0.15, 0.2) is 29.2 Å². The van der Waals surface area contributed by atoms with Gasteiger partial charge in [-0.05, 0) is 37.0 Å². The van der Waals surface area contributed by atoms with Crippen LogP contribution in [0.3, 0.4) is 0 Å². The minimum atomic E-state index is -3.71. The molecule has 1 aromatic rings. The third-order valence-corrected chi connectivity index (χ3v) is 5.91. The Bertz CT molecular complexity index is 648. The van der Waals surface area contributed by atoms with Gasteiger partial charge in [0, 0.05) is 25.2 Å². The van der Waals surface area contributed by atoms with Crippen molar-refractivity contribution in [2.24, 2.45) is 5.92 Å². The number of piperidine rings is 1. The number of sulfonamides is 1. The first-order chi connectivity index (χ1) is 10.3. The van der Waals surface area contributed by atoms with Crippen molar-refractivity contribution in [3.05, 3.63) is 29.3 Å². The average Bonchev–Trinajstić information content (AvgIpc) is 2.47. The Balaban J connectivity index is 2.07. The lowest BCUT2D eigenvalue weighted by molar-refractivity contribution is -0.132. The molecule has 7 heteroatoms. The molecule has 0 unspecified atom stereocenters. The lowest BCUT2D eigenvalue weighted by atomic mass is 10.0. The second-order valence-corrected chi connectivity index (χ2v) is 8.29. The summed E-state index contributed by atoms with van der Waals surface area (Å²) in [5.41, 5.74) is 0. The summed E-state index contributed by atoms with van der Waals surface area (Å²) in [6.07, 6.45) is 2.08. The van der Waals surface area contributed by atoms with Gasteiger partial charge in [0.15, 0.2) is 0 Å². The molecule has 1 aliphatic rings. The predicted octanol–water partition coefficient (Wildman–Crippen LogP) is 2.22. The monoisotopic (exact) mass is 344 g/mol. The smallest absolute Gasteiger partial charge is 0.243 e. The van der Waals surface area contributed by atoms with Gasteiger partial charge in [-0.3, -0.25) is 4.79 Å². The first-order valence-electron chi connectivity index (χ1n) is 7.30. The molecule has 2 rings (SSSR count). The molecule has 22 heavy (non-hydrogen) atoms. The molecule has 0 N–H and O–H groups in total. The van der Waals surface area contributed by atoms with Crippen molar-refractivity contribution >= 4 is 27.5 Å². The summed E-state index contributed by atoms with van der Waals surface area (Å²) in [5, 5.41) is 0.352. The van der Waals surface area contributed by atoms with Gasteiger partial charge in [-0.1, -0.05) is 24.6 Å². The van der Waals surface area contributed by atoms with Gasteiger partial charge in [-0.25, -0.2) is 8.42 Å². The topological polar surface area (TPSA) is 57.7 Å². The van der Waals surface area contributed by atoms with E-state index in [0.29, 0.717) is 24.0 Å². The highest BCUT2D eigenvalue weighted by atomic mass is 35.5. The van der Waals surface area contributed by atoms with Crippen LogP contribution in [0.25, 0.3) is 0 Å². The molecule has 1 aromatic carbocycles. The molecule has 1 heterocycles. The van der Waals surface area contributed by atoms with E-state index in [1.54, 1.807) is 17.0 Å². The van der Waals surface area contributed by atoms with Crippen LogP contribution in [-0.4, -0.2) is 50.2 Å². The van der Waals surface area contributed by atoms with Crippen molar-refractivity contribution in [3.8, 4) is 0 Å². The Kier molecular flexibility index (Phi) is 5.47. The summed E-state index contributed by atoms with van der Waals surface area (Å²) in [7, 11) is -2.29. The molecule has 0 radical (unpaired) electrons. The summed E-state index contributed by atoms with van der Waals surface area (Å²) in [5.74, 6) is 0.312. The van der Waals surface area contributed by atoms with Crippen molar-refractivity contribution < 1.29 is 13.2 Å². The van der Waals surface area contributed by atoms with Gasteiger partial charge < -0.3 is 4.90 Å². The van der Waals surface area contributed by atoms with E-state index in [-0.39, 0.29) is 17.3 Å². The van der Waals surface area contributed by atoms with Crippen molar-refractivity contribution in [1.82, 2.24) is 9.21 Å². The maximum atomic E-state index is 12.5. The van der Waals surface area contributed by atoms with Crippen molar-refractivity contribution in [2.75, 3.05) is 26.7 Å². The Morgan fingerprint density at radius 1 is 1.45 bits per heavy atom. The fraction of sp³-hybridized carbons (Fsp3) is 0.533. The van der Waals surface area contributed by atoms with Gasteiger partial charge in [-0.2, -0.15) is 4.31 Å². The van der Waals surface area contributed by atoms with E-state index in [1.165, 1.54) is 19.2 Å². The lowest BCUT2D eigenvalue weighted by Crippen LogP contribution is -2.45. The van der Waals surface area contributed by atoms with Crippen LogP contribution in [0, 0.1) is 5.92 Å². The number of carbonyl (C=O) groups excluding carboxylic acids is 1. The summed E-state index contributed by atoms with van der Waals surface area (Å²) in [4.78, 5) is 14.1. The molecule has 0 bridgehead atoms. The molecule has 0 spiro atoms. The Hall–Kier alpha value is -1.11. The maximum absolute atomic E-state index is 12.5. The molecule has 1 aliphatic heterocycles. The Morgan fingerprint density at radius 3 is 2.82 bits per heavy atom. The first-order valence-corrected chi connectivity index (χ1v) is 9.12. The molecule has 1 atom stereocenters. The molecule has 5 nitrogen and oxygen atoms in total. The van der Waals surface area contributed by atoms with E-state index in [9.17, 15) is 13.2 Å². The molecule has 0 aliphatic carbocycles. The van der Waals surface area contributed by atoms with Crippen LogP contribution in [0.1, 0.15) is 19.8 Å². The third kappa shape index (κ3) is 4.00. The van der Waals surface area contributed by atoms with Crippen LogP contribution < -0.4 is 0 Å². The maximum Gasteiger partial charge on any atom is 0.243 e.